The first kappa shape index (κ1) is 13.1. The Morgan fingerprint density at radius 2 is 2.33 bits per heavy atom. The summed E-state index contributed by atoms with van der Waals surface area (Å²) in [5.41, 5.74) is 0.946. The number of aryl methyl sites for hydroxylation is 1. The van der Waals surface area contributed by atoms with Crippen LogP contribution in [0.25, 0.3) is 0 Å². The molecular weight excluding hydrogens is 252 g/mol. The van der Waals surface area contributed by atoms with Gasteiger partial charge in [-0.2, -0.15) is 0 Å². The largest absolute Gasteiger partial charge is 0.370 e. The third-order valence-corrected chi connectivity index (χ3v) is 2.94. The molecule has 0 aromatic carbocycles. The van der Waals surface area contributed by atoms with Gasteiger partial charge in [-0.05, 0) is 37.8 Å². The summed E-state index contributed by atoms with van der Waals surface area (Å²) < 4.78 is 0. The second-order valence-electron chi connectivity index (χ2n) is 4.54. The van der Waals surface area contributed by atoms with E-state index in [1.54, 1.807) is 6.20 Å². The number of hydrogen-bond acceptors (Lipinski definition) is 4. The van der Waals surface area contributed by atoms with E-state index in [4.69, 9.17) is 11.6 Å². The zero-order chi connectivity index (χ0) is 13.0. The Balaban J connectivity index is 1.67. The maximum absolute atomic E-state index is 11.4. The quantitative estimate of drug-likeness (QED) is 0.611. The molecule has 6 heteroatoms. The fourth-order valence-electron chi connectivity index (χ4n) is 1.58. The van der Waals surface area contributed by atoms with Crippen LogP contribution in [0.4, 0.5) is 5.82 Å². The Morgan fingerprint density at radius 1 is 1.56 bits per heavy atom. The van der Waals surface area contributed by atoms with Gasteiger partial charge in [0, 0.05) is 30.8 Å². The molecule has 1 aromatic heterocycles. The summed E-state index contributed by atoms with van der Waals surface area (Å²) in [5.74, 6) is 0.870. The first-order valence-electron chi connectivity index (χ1n) is 6.17. The molecule has 1 heterocycles. The van der Waals surface area contributed by atoms with Crippen molar-refractivity contribution in [2.45, 2.75) is 38.6 Å². The van der Waals surface area contributed by atoms with E-state index in [1.807, 2.05) is 6.92 Å². The molecule has 98 valence electrons. The van der Waals surface area contributed by atoms with Gasteiger partial charge in [-0.15, -0.1) is 0 Å². The Kier molecular flexibility index (Phi) is 4.36. The van der Waals surface area contributed by atoms with Crippen molar-refractivity contribution in [3.63, 3.8) is 0 Å². The monoisotopic (exact) mass is 268 g/mol. The SMILES string of the molecule is Cc1cnc(Cl)nc1NCCCC(=O)NC1CC1. The molecular formula is C12H17ClN4O. The second-order valence-corrected chi connectivity index (χ2v) is 4.88. The minimum Gasteiger partial charge on any atom is -0.370 e. The first-order valence-corrected chi connectivity index (χ1v) is 6.55. The highest BCUT2D eigenvalue weighted by molar-refractivity contribution is 6.28. The average Bonchev–Trinajstić information content (AvgIpc) is 3.13. The molecule has 0 radical (unpaired) electrons. The van der Waals surface area contributed by atoms with Gasteiger partial charge in [-0.3, -0.25) is 4.79 Å². The summed E-state index contributed by atoms with van der Waals surface area (Å²) in [6.07, 6.45) is 5.25. The van der Waals surface area contributed by atoms with Crippen LogP contribution in [0, 0.1) is 6.92 Å². The van der Waals surface area contributed by atoms with E-state index in [1.165, 1.54) is 0 Å². The molecule has 0 saturated heterocycles. The van der Waals surface area contributed by atoms with Crippen LogP contribution < -0.4 is 10.6 Å². The molecule has 1 amide bonds. The van der Waals surface area contributed by atoms with Crippen molar-refractivity contribution in [1.29, 1.82) is 0 Å². The summed E-state index contributed by atoms with van der Waals surface area (Å²) >= 11 is 5.72. The van der Waals surface area contributed by atoms with Crippen molar-refractivity contribution >= 4 is 23.3 Å². The number of rotatable bonds is 6. The van der Waals surface area contributed by atoms with Crippen LogP contribution >= 0.6 is 11.6 Å². The molecule has 1 saturated carbocycles. The predicted octanol–water partition coefficient (Wildman–Crippen LogP) is 1.91. The van der Waals surface area contributed by atoms with Gasteiger partial charge in [-0.25, -0.2) is 9.97 Å². The zero-order valence-corrected chi connectivity index (χ0v) is 11.1. The van der Waals surface area contributed by atoms with Crippen LogP contribution in [0.3, 0.4) is 0 Å². The predicted molar refractivity (Wildman–Crippen MR) is 70.7 cm³/mol. The number of hydrogen-bond donors (Lipinski definition) is 2. The Hall–Kier alpha value is -1.36. The van der Waals surface area contributed by atoms with Gasteiger partial charge in [-0.1, -0.05) is 0 Å². The van der Waals surface area contributed by atoms with Crippen molar-refractivity contribution in [3.8, 4) is 0 Å². The number of nitrogens with one attached hydrogen (secondary N) is 2. The Morgan fingerprint density at radius 3 is 3.06 bits per heavy atom. The molecule has 0 bridgehead atoms. The fraction of sp³-hybridized carbons (Fsp3) is 0.583. The van der Waals surface area contributed by atoms with E-state index in [0.717, 1.165) is 30.6 Å². The summed E-state index contributed by atoms with van der Waals surface area (Å²) in [6.45, 7) is 2.62. The first-order chi connectivity index (χ1) is 8.65. The molecule has 2 rings (SSSR count). The molecule has 1 fully saturated rings. The molecule has 0 atom stereocenters. The van der Waals surface area contributed by atoms with Crippen molar-refractivity contribution in [3.05, 3.63) is 17.0 Å². The van der Waals surface area contributed by atoms with E-state index in [9.17, 15) is 4.79 Å². The van der Waals surface area contributed by atoms with Crippen LogP contribution in [-0.2, 0) is 4.79 Å². The van der Waals surface area contributed by atoms with Crippen molar-refractivity contribution < 1.29 is 4.79 Å². The van der Waals surface area contributed by atoms with Gasteiger partial charge in [0.05, 0.1) is 0 Å². The number of nitrogens with zero attached hydrogens (tertiary/aromatic N) is 2. The molecule has 2 N–H and O–H groups in total. The molecule has 5 nitrogen and oxygen atoms in total. The number of carbonyl (C=O) groups is 1. The smallest absolute Gasteiger partial charge is 0.224 e. The number of anilines is 1. The van der Waals surface area contributed by atoms with Gasteiger partial charge in [0.2, 0.25) is 11.2 Å². The van der Waals surface area contributed by atoms with Crippen LogP contribution in [0.2, 0.25) is 5.28 Å². The number of aromatic nitrogens is 2. The number of amides is 1. The van der Waals surface area contributed by atoms with Gasteiger partial charge in [0.25, 0.3) is 0 Å². The lowest BCUT2D eigenvalue weighted by atomic mass is 10.3. The number of halogens is 1. The molecule has 1 aliphatic rings. The maximum atomic E-state index is 11.4. The van der Waals surface area contributed by atoms with Crippen LogP contribution in [0.5, 0.6) is 0 Å². The van der Waals surface area contributed by atoms with Gasteiger partial charge >= 0.3 is 0 Å². The normalized spacial score (nSPS) is 14.3. The Bertz CT molecular complexity index is 434. The molecule has 1 aliphatic carbocycles. The molecule has 0 aliphatic heterocycles. The zero-order valence-electron chi connectivity index (χ0n) is 10.4. The van der Waals surface area contributed by atoms with Crippen LogP contribution in [-0.4, -0.2) is 28.5 Å². The van der Waals surface area contributed by atoms with E-state index in [2.05, 4.69) is 20.6 Å². The third kappa shape index (κ3) is 4.14. The summed E-state index contributed by atoms with van der Waals surface area (Å²) in [6, 6.07) is 0.438. The minimum atomic E-state index is 0.136. The van der Waals surface area contributed by atoms with Gasteiger partial charge in [0.1, 0.15) is 5.82 Å². The third-order valence-electron chi connectivity index (χ3n) is 2.76. The molecule has 0 unspecified atom stereocenters. The molecule has 18 heavy (non-hydrogen) atoms. The highest BCUT2D eigenvalue weighted by Crippen LogP contribution is 2.18. The standard InChI is InChI=1S/C12H17ClN4O/c1-8-7-15-12(13)17-11(8)14-6-2-3-10(18)16-9-4-5-9/h7,9H,2-6H2,1H3,(H,16,18)(H,14,15,17). The summed E-state index contributed by atoms with van der Waals surface area (Å²) in [5, 5.41) is 6.35. The highest BCUT2D eigenvalue weighted by atomic mass is 35.5. The lowest BCUT2D eigenvalue weighted by Gasteiger charge is -2.08. The Labute approximate surface area is 111 Å². The van der Waals surface area contributed by atoms with E-state index < -0.39 is 0 Å². The second kappa shape index (κ2) is 6.00. The van der Waals surface area contributed by atoms with E-state index in [-0.39, 0.29) is 11.2 Å². The molecule has 0 spiro atoms. The van der Waals surface area contributed by atoms with Gasteiger partial charge < -0.3 is 10.6 Å². The number of carbonyl (C=O) groups excluding carboxylic acids is 1. The lowest BCUT2D eigenvalue weighted by Crippen LogP contribution is -2.25. The summed E-state index contributed by atoms with van der Waals surface area (Å²) in [4.78, 5) is 19.4. The van der Waals surface area contributed by atoms with Crippen molar-refractivity contribution in [1.82, 2.24) is 15.3 Å². The highest BCUT2D eigenvalue weighted by Gasteiger charge is 2.22. The van der Waals surface area contributed by atoms with E-state index in [0.29, 0.717) is 19.0 Å². The van der Waals surface area contributed by atoms with Gasteiger partial charge in [0.15, 0.2) is 0 Å². The van der Waals surface area contributed by atoms with Crippen LogP contribution in [0.1, 0.15) is 31.2 Å². The van der Waals surface area contributed by atoms with Crippen molar-refractivity contribution in [2.75, 3.05) is 11.9 Å². The topological polar surface area (TPSA) is 66.9 Å². The van der Waals surface area contributed by atoms with E-state index >= 15 is 0 Å². The lowest BCUT2D eigenvalue weighted by molar-refractivity contribution is -0.121. The van der Waals surface area contributed by atoms with Crippen LogP contribution in [0.15, 0.2) is 6.20 Å². The average molecular weight is 269 g/mol. The van der Waals surface area contributed by atoms with Crippen molar-refractivity contribution in [2.24, 2.45) is 0 Å². The molecule has 1 aromatic rings. The maximum Gasteiger partial charge on any atom is 0.224 e. The minimum absolute atomic E-state index is 0.136. The summed E-state index contributed by atoms with van der Waals surface area (Å²) in [7, 11) is 0. The fourth-order valence-corrected chi connectivity index (χ4v) is 1.72.